The lowest BCUT2D eigenvalue weighted by Gasteiger charge is -2.13. The van der Waals surface area contributed by atoms with Crippen LogP contribution in [-0.4, -0.2) is 6.54 Å². The summed E-state index contributed by atoms with van der Waals surface area (Å²) in [6.07, 6.45) is 0. The molecular weight excluding hydrogens is 294 g/mol. The van der Waals surface area contributed by atoms with E-state index in [-0.39, 0.29) is 0 Å². The Morgan fingerprint density at radius 1 is 1.32 bits per heavy atom. The van der Waals surface area contributed by atoms with Crippen LogP contribution < -0.4 is 5.32 Å². The van der Waals surface area contributed by atoms with Crippen LogP contribution in [0.3, 0.4) is 0 Å². The highest BCUT2D eigenvalue weighted by molar-refractivity contribution is 7.98. The SMILES string of the molecule is CCNC(C)c1cccc(SCc2ccc(Cl)s2)c1. The predicted molar refractivity (Wildman–Crippen MR) is 87.4 cm³/mol. The average Bonchev–Trinajstić information content (AvgIpc) is 2.83. The minimum Gasteiger partial charge on any atom is -0.310 e. The summed E-state index contributed by atoms with van der Waals surface area (Å²) in [7, 11) is 0. The smallest absolute Gasteiger partial charge is 0.0931 e. The Labute approximate surface area is 128 Å². The van der Waals surface area contributed by atoms with E-state index in [1.54, 1.807) is 11.3 Å². The highest BCUT2D eigenvalue weighted by atomic mass is 35.5. The lowest BCUT2D eigenvalue weighted by atomic mass is 10.1. The normalized spacial score (nSPS) is 12.6. The van der Waals surface area contributed by atoms with Crippen LogP contribution in [0.1, 0.15) is 30.3 Å². The third kappa shape index (κ3) is 4.53. The van der Waals surface area contributed by atoms with Crippen LogP contribution in [0.2, 0.25) is 4.34 Å². The standard InChI is InChI=1S/C15H18ClNS2/c1-3-17-11(2)12-5-4-6-13(9-12)18-10-14-7-8-15(16)19-14/h4-9,11,17H,3,10H2,1-2H3. The molecule has 0 saturated carbocycles. The van der Waals surface area contributed by atoms with Gasteiger partial charge in [-0.1, -0.05) is 30.7 Å². The lowest BCUT2D eigenvalue weighted by molar-refractivity contribution is 0.597. The van der Waals surface area contributed by atoms with E-state index >= 15 is 0 Å². The van der Waals surface area contributed by atoms with E-state index in [1.165, 1.54) is 15.3 Å². The van der Waals surface area contributed by atoms with E-state index in [2.05, 4.69) is 49.5 Å². The fourth-order valence-corrected chi connectivity index (χ4v) is 3.98. The Kier molecular flexibility index (Phi) is 5.76. The maximum atomic E-state index is 5.94. The molecule has 0 radical (unpaired) electrons. The van der Waals surface area contributed by atoms with Crippen LogP contribution in [0.4, 0.5) is 0 Å². The summed E-state index contributed by atoms with van der Waals surface area (Å²) in [5, 5.41) is 3.44. The Morgan fingerprint density at radius 2 is 2.16 bits per heavy atom. The third-order valence-corrected chi connectivity index (χ3v) is 5.33. The van der Waals surface area contributed by atoms with Gasteiger partial charge in [0.1, 0.15) is 0 Å². The molecule has 1 nitrogen and oxygen atoms in total. The van der Waals surface area contributed by atoms with Gasteiger partial charge in [0.25, 0.3) is 0 Å². The van der Waals surface area contributed by atoms with Gasteiger partial charge in [-0.3, -0.25) is 0 Å². The van der Waals surface area contributed by atoms with Crippen molar-refractivity contribution in [3.8, 4) is 0 Å². The van der Waals surface area contributed by atoms with Crippen molar-refractivity contribution in [2.24, 2.45) is 0 Å². The van der Waals surface area contributed by atoms with Gasteiger partial charge in [-0.05, 0) is 43.3 Å². The second kappa shape index (κ2) is 7.34. The van der Waals surface area contributed by atoms with Gasteiger partial charge in [0, 0.05) is 21.6 Å². The molecule has 102 valence electrons. The zero-order chi connectivity index (χ0) is 13.7. The second-order valence-corrected chi connectivity index (χ2v) is 7.19. The zero-order valence-corrected chi connectivity index (χ0v) is 13.5. The van der Waals surface area contributed by atoms with Crippen LogP contribution in [0, 0.1) is 0 Å². The molecule has 1 N–H and O–H groups in total. The van der Waals surface area contributed by atoms with E-state index in [9.17, 15) is 0 Å². The van der Waals surface area contributed by atoms with Crippen molar-refractivity contribution in [2.75, 3.05) is 6.54 Å². The summed E-state index contributed by atoms with van der Waals surface area (Å²) < 4.78 is 0.866. The van der Waals surface area contributed by atoms with Crippen LogP contribution in [0.5, 0.6) is 0 Å². The number of rotatable bonds is 6. The van der Waals surface area contributed by atoms with E-state index in [1.807, 2.05) is 17.8 Å². The molecule has 19 heavy (non-hydrogen) atoms. The minimum absolute atomic E-state index is 0.404. The molecule has 0 saturated heterocycles. The molecule has 1 unspecified atom stereocenters. The third-order valence-electron chi connectivity index (χ3n) is 2.88. The number of hydrogen-bond acceptors (Lipinski definition) is 3. The largest absolute Gasteiger partial charge is 0.310 e. The van der Waals surface area contributed by atoms with Gasteiger partial charge in [0.15, 0.2) is 0 Å². The fraction of sp³-hybridized carbons (Fsp3) is 0.333. The number of hydrogen-bond donors (Lipinski definition) is 1. The van der Waals surface area contributed by atoms with Gasteiger partial charge in [-0.25, -0.2) is 0 Å². The number of nitrogens with one attached hydrogen (secondary N) is 1. The average molecular weight is 312 g/mol. The Morgan fingerprint density at radius 3 is 2.84 bits per heavy atom. The number of halogens is 1. The van der Waals surface area contributed by atoms with E-state index in [0.29, 0.717) is 6.04 Å². The zero-order valence-electron chi connectivity index (χ0n) is 11.2. The molecule has 2 rings (SSSR count). The molecule has 0 bridgehead atoms. The Hall–Kier alpha value is -0.480. The minimum atomic E-state index is 0.404. The molecule has 0 aliphatic carbocycles. The number of thiophene rings is 1. The summed E-state index contributed by atoms with van der Waals surface area (Å²) in [5.41, 5.74) is 1.34. The van der Waals surface area contributed by atoms with Crippen molar-refractivity contribution in [1.29, 1.82) is 0 Å². The van der Waals surface area contributed by atoms with Crippen LogP contribution in [0.15, 0.2) is 41.3 Å². The summed E-state index contributed by atoms with van der Waals surface area (Å²) in [6, 6.07) is 13.2. The molecule has 1 atom stereocenters. The number of benzene rings is 1. The first kappa shape index (κ1) is 14.9. The first-order chi connectivity index (χ1) is 9.19. The van der Waals surface area contributed by atoms with Crippen molar-refractivity contribution >= 4 is 34.7 Å². The molecule has 0 spiro atoms. The second-order valence-electron chi connectivity index (χ2n) is 4.35. The maximum absolute atomic E-state index is 5.94. The summed E-state index contributed by atoms with van der Waals surface area (Å²) >= 11 is 9.46. The molecule has 2 aromatic rings. The van der Waals surface area contributed by atoms with Crippen molar-refractivity contribution in [2.45, 2.75) is 30.5 Å². The van der Waals surface area contributed by atoms with Gasteiger partial charge in [-0.2, -0.15) is 0 Å². The van der Waals surface area contributed by atoms with Gasteiger partial charge in [-0.15, -0.1) is 23.1 Å². The molecule has 0 aliphatic heterocycles. The van der Waals surface area contributed by atoms with Gasteiger partial charge >= 0.3 is 0 Å². The summed E-state index contributed by atoms with van der Waals surface area (Å²) in [6.45, 7) is 5.33. The molecule has 4 heteroatoms. The lowest BCUT2D eigenvalue weighted by Crippen LogP contribution is -2.17. The Balaban J connectivity index is 1.98. The van der Waals surface area contributed by atoms with Gasteiger partial charge in [0.05, 0.1) is 4.34 Å². The van der Waals surface area contributed by atoms with Crippen molar-refractivity contribution in [1.82, 2.24) is 5.32 Å². The molecule has 1 aromatic carbocycles. The first-order valence-corrected chi connectivity index (χ1v) is 8.57. The fourth-order valence-electron chi connectivity index (χ4n) is 1.88. The van der Waals surface area contributed by atoms with E-state index < -0.39 is 0 Å². The highest BCUT2D eigenvalue weighted by Gasteiger charge is 2.05. The van der Waals surface area contributed by atoms with Crippen molar-refractivity contribution in [3.63, 3.8) is 0 Å². The monoisotopic (exact) mass is 311 g/mol. The van der Waals surface area contributed by atoms with Crippen LogP contribution in [-0.2, 0) is 5.75 Å². The molecule has 1 aromatic heterocycles. The molecule has 0 aliphatic rings. The van der Waals surface area contributed by atoms with Crippen LogP contribution in [0.25, 0.3) is 0 Å². The molecule has 0 amide bonds. The summed E-state index contributed by atoms with van der Waals surface area (Å²) in [5.74, 6) is 0.983. The van der Waals surface area contributed by atoms with Crippen LogP contribution >= 0.6 is 34.7 Å². The highest BCUT2D eigenvalue weighted by Crippen LogP contribution is 2.30. The number of thioether (sulfide) groups is 1. The first-order valence-electron chi connectivity index (χ1n) is 6.39. The molecule has 0 fully saturated rings. The van der Waals surface area contributed by atoms with Crippen molar-refractivity contribution < 1.29 is 0 Å². The van der Waals surface area contributed by atoms with E-state index in [4.69, 9.17) is 11.6 Å². The predicted octanol–water partition coefficient (Wildman–Crippen LogP) is 5.36. The maximum Gasteiger partial charge on any atom is 0.0931 e. The topological polar surface area (TPSA) is 12.0 Å². The van der Waals surface area contributed by atoms with Crippen molar-refractivity contribution in [3.05, 3.63) is 51.2 Å². The quantitative estimate of drug-likeness (QED) is 0.720. The summed E-state index contributed by atoms with van der Waals surface area (Å²) in [4.78, 5) is 2.63. The Bertz CT molecular complexity index is 524. The molecular formula is C15H18ClNS2. The molecule has 1 heterocycles. The van der Waals surface area contributed by atoms with E-state index in [0.717, 1.165) is 16.6 Å². The van der Waals surface area contributed by atoms with Gasteiger partial charge in [0.2, 0.25) is 0 Å². The van der Waals surface area contributed by atoms with Gasteiger partial charge < -0.3 is 5.32 Å².